The largest absolute Gasteiger partial charge is 0.479 e. The van der Waals surface area contributed by atoms with E-state index in [4.69, 9.17) is 39.5 Å². The van der Waals surface area contributed by atoms with Gasteiger partial charge in [0.1, 0.15) is 5.75 Å². The molecule has 0 aromatic heterocycles. The summed E-state index contributed by atoms with van der Waals surface area (Å²) >= 11 is 18.2. The van der Waals surface area contributed by atoms with Gasteiger partial charge in [-0.15, -0.1) is 0 Å². The average Bonchev–Trinajstić information content (AvgIpc) is 2.57. The van der Waals surface area contributed by atoms with E-state index in [1.54, 1.807) is 25.1 Å². The molecule has 2 aromatic carbocycles. The third kappa shape index (κ3) is 4.81. The third-order valence-corrected chi connectivity index (χ3v) is 4.78. The zero-order chi connectivity index (χ0) is 18.6. The van der Waals surface area contributed by atoms with Crippen LogP contribution in [0.25, 0.3) is 0 Å². The number of amides is 1. The molecule has 6 heteroatoms. The Morgan fingerprint density at radius 3 is 2.40 bits per heavy atom. The van der Waals surface area contributed by atoms with Crippen LogP contribution in [0.2, 0.25) is 15.1 Å². The number of ether oxygens (including phenoxy) is 1. The second kappa shape index (κ2) is 8.79. The van der Waals surface area contributed by atoms with Gasteiger partial charge < -0.3 is 10.1 Å². The summed E-state index contributed by atoms with van der Waals surface area (Å²) < 4.78 is 5.68. The topological polar surface area (TPSA) is 38.3 Å². The summed E-state index contributed by atoms with van der Waals surface area (Å²) in [5, 5.41) is 4.47. The zero-order valence-electron chi connectivity index (χ0n) is 14.3. The van der Waals surface area contributed by atoms with Gasteiger partial charge in [-0.05, 0) is 55.2 Å². The molecule has 0 aliphatic heterocycles. The highest BCUT2D eigenvalue weighted by molar-refractivity contribution is 6.35. The molecule has 0 saturated heterocycles. The number of benzene rings is 2. The van der Waals surface area contributed by atoms with Crippen molar-refractivity contribution in [1.82, 2.24) is 0 Å². The van der Waals surface area contributed by atoms with E-state index >= 15 is 0 Å². The first-order valence-corrected chi connectivity index (χ1v) is 9.23. The molecule has 0 spiro atoms. The Balaban J connectivity index is 2.20. The minimum atomic E-state index is -0.730. The molecule has 3 nitrogen and oxygen atoms in total. The van der Waals surface area contributed by atoms with E-state index in [9.17, 15) is 4.79 Å². The number of anilines is 1. The molecular weight excluding hydrogens is 381 g/mol. The smallest absolute Gasteiger partial charge is 0.265 e. The van der Waals surface area contributed by atoms with Crippen LogP contribution in [-0.2, 0) is 17.6 Å². The minimum absolute atomic E-state index is 0.266. The Morgan fingerprint density at radius 2 is 1.80 bits per heavy atom. The quantitative estimate of drug-likeness (QED) is 0.629. The van der Waals surface area contributed by atoms with E-state index in [1.165, 1.54) is 0 Å². The van der Waals surface area contributed by atoms with Crippen LogP contribution in [0.1, 0.15) is 31.9 Å². The maximum atomic E-state index is 12.6. The molecule has 0 unspecified atom stereocenters. The molecule has 1 N–H and O–H groups in total. The zero-order valence-corrected chi connectivity index (χ0v) is 16.6. The Labute approximate surface area is 163 Å². The Morgan fingerprint density at radius 1 is 1.08 bits per heavy atom. The van der Waals surface area contributed by atoms with Gasteiger partial charge in [0.2, 0.25) is 0 Å². The first kappa shape index (κ1) is 19.9. The normalized spacial score (nSPS) is 11.9. The van der Waals surface area contributed by atoms with Gasteiger partial charge in [-0.25, -0.2) is 0 Å². The standard InChI is InChI=1S/C19H20Cl3NO2/c1-4-12-6-8-15(21)14(5-2)18(12)23-19(24)11(3)25-17-9-7-13(20)10-16(17)22/h6-11H,4-5H2,1-3H3,(H,23,24)/t11-/m1/s1. The van der Waals surface area contributed by atoms with Gasteiger partial charge in [0.25, 0.3) is 5.91 Å². The molecule has 0 fully saturated rings. The predicted octanol–water partition coefficient (Wildman–Crippen LogP) is 6.18. The molecule has 2 aromatic rings. The van der Waals surface area contributed by atoms with Gasteiger partial charge in [0.05, 0.1) is 5.02 Å². The Kier molecular flexibility index (Phi) is 7.00. The van der Waals surface area contributed by atoms with Crippen molar-refractivity contribution < 1.29 is 9.53 Å². The van der Waals surface area contributed by atoms with E-state index in [2.05, 4.69) is 5.32 Å². The number of aryl methyl sites for hydroxylation is 1. The average molecular weight is 401 g/mol. The third-order valence-electron chi connectivity index (χ3n) is 3.89. The van der Waals surface area contributed by atoms with Gasteiger partial charge in [0.15, 0.2) is 6.10 Å². The lowest BCUT2D eigenvalue weighted by atomic mass is 10.0. The van der Waals surface area contributed by atoms with Crippen LogP contribution >= 0.6 is 34.8 Å². The molecule has 0 radical (unpaired) electrons. The van der Waals surface area contributed by atoms with Crippen LogP contribution in [-0.4, -0.2) is 12.0 Å². The fourth-order valence-corrected chi connectivity index (χ4v) is 3.25. The summed E-state index contributed by atoms with van der Waals surface area (Å²) in [4.78, 5) is 12.6. The fraction of sp³-hybridized carbons (Fsp3) is 0.316. The van der Waals surface area contributed by atoms with Crippen molar-refractivity contribution in [3.8, 4) is 5.75 Å². The van der Waals surface area contributed by atoms with Crippen LogP contribution in [0.15, 0.2) is 30.3 Å². The Bertz CT molecular complexity index is 778. The van der Waals surface area contributed by atoms with Gasteiger partial charge in [0, 0.05) is 15.7 Å². The molecule has 0 aliphatic carbocycles. The summed E-state index contributed by atoms with van der Waals surface area (Å²) in [6.45, 7) is 5.71. The number of hydrogen-bond donors (Lipinski definition) is 1. The van der Waals surface area contributed by atoms with Gasteiger partial charge in [-0.3, -0.25) is 4.79 Å². The van der Waals surface area contributed by atoms with Crippen LogP contribution in [0.3, 0.4) is 0 Å². The maximum absolute atomic E-state index is 12.6. The van der Waals surface area contributed by atoms with Crippen LogP contribution < -0.4 is 10.1 Å². The molecule has 0 bridgehead atoms. The summed E-state index contributed by atoms with van der Waals surface area (Å²) in [6.07, 6.45) is 0.783. The van der Waals surface area contributed by atoms with Crippen molar-refractivity contribution in [2.45, 2.75) is 39.7 Å². The number of nitrogens with one attached hydrogen (secondary N) is 1. The van der Waals surface area contributed by atoms with Crippen LogP contribution in [0.4, 0.5) is 5.69 Å². The molecule has 1 amide bonds. The van der Waals surface area contributed by atoms with Gasteiger partial charge in [-0.1, -0.05) is 54.7 Å². The van der Waals surface area contributed by atoms with E-state index in [0.717, 1.165) is 29.7 Å². The molecule has 1 atom stereocenters. The van der Waals surface area contributed by atoms with Crippen molar-refractivity contribution in [3.63, 3.8) is 0 Å². The second-order valence-electron chi connectivity index (χ2n) is 5.59. The highest BCUT2D eigenvalue weighted by Crippen LogP contribution is 2.31. The highest BCUT2D eigenvalue weighted by atomic mass is 35.5. The highest BCUT2D eigenvalue weighted by Gasteiger charge is 2.20. The van der Waals surface area contributed by atoms with E-state index in [1.807, 2.05) is 26.0 Å². The molecule has 2 rings (SSSR count). The van der Waals surface area contributed by atoms with Crippen molar-refractivity contribution in [3.05, 3.63) is 56.5 Å². The maximum Gasteiger partial charge on any atom is 0.265 e. The summed E-state index contributed by atoms with van der Waals surface area (Å²) in [5.74, 6) is 0.143. The molecular formula is C19H20Cl3NO2. The molecule has 0 saturated carbocycles. The van der Waals surface area contributed by atoms with Crippen molar-refractivity contribution in [2.75, 3.05) is 5.32 Å². The predicted molar refractivity (Wildman–Crippen MR) is 105 cm³/mol. The molecule has 134 valence electrons. The van der Waals surface area contributed by atoms with E-state index in [-0.39, 0.29) is 5.91 Å². The lowest BCUT2D eigenvalue weighted by Crippen LogP contribution is -2.31. The first-order chi connectivity index (χ1) is 11.9. The number of carbonyl (C=O) groups is 1. The lowest BCUT2D eigenvalue weighted by molar-refractivity contribution is -0.122. The minimum Gasteiger partial charge on any atom is -0.479 e. The van der Waals surface area contributed by atoms with E-state index < -0.39 is 6.10 Å². The summed E-state index contributed by atoms with van der Waals surface area (Å²) in [7, 11) is 0. The van der Waals surface area contributed by atoms with Crippen LogP contribution in [0.5, 0.6) is 5.75 Å². The van der Waals surface area contributed by atoms with Gasteiger partial charge >= 0.3 is 0 Å². The second-order valence-corrected chi connectivity index (χ2v) is 6.84. The lowest BCUT2D eigenvalue weighted by Gasteiger charge is -2.19. The van der Waals surface area contributed by atoms with Crippen molar-refractivity contribution >= 4 is 46.4 Å². The summed E-state index contributed by atoms with van der Waals surface area (Å²) in [5.41, 5.74) is 2.72. The van der Waals surface area contributed by atoms with Crippen molar-refractivity contribution in [1.29, 1.82) is 0 Å². The fourth-order valence-electron chi connectivity index (χ4n) is 2.51. The number of rotatable bonds is 6. The molecule has 0 heterocycles. The van der Waals surface area contributed by atoms with Gasteiger partial charge in [-0.2, -0.15) is 0 Å². The van der Waals surface area contributed by atoms with Crippen LogP contribution in [0, 0.1) is 0 Å². The SMILES string of the molecule is CCc1ccc(Cl)c(CC)c1NC(=O)[C@@H](C)Oc1ccc(Cl)cc1Cl. The van der Waals surface area contributed by atoms with Crippen molar-refractivity contribution in [2.24, 2.45) is 0 Å². The number of carbonyl (C=O) groups excluding carboxylic acids is 1. The molecule has 25 heavy (non-hydrogen) atoms. The number of halogens is 3. The monoisotopic (exact) mass is 399 g/mol. The summed E-state index contributed by atoms with van der Waals surface area (Å²) in [6, 6.07) is 8.67. The van der Waals surface area contributed by atoms with E-state index in [0.29, 0.717) is 20.8 Å². The molecule has 0 aliphatic rings. The number of hydrogen-bond acceptors (Lipinski definition) is 2. The Hall–Kier alpha value is -1.42. The first-order valence-electron chi connectivity index (χ1n) is 8.10.